The molecule has 0 bridgehead atoms. The zero-order valence-electron chi connectivity index (χ0n) is 12.1. The van der Waals surface area contributed by atoms with Crippen molar-refractivity contribution >= 4 is 17.3 Å². The number of halogens is 3. The lowest BCUT2D eigenvalue weighted by Gasteiger charge is -2.16. The molecule has 22 heavy (non-hydrogen) atoms. The minimum Gasteiger partial charge on any atom is -0.379 e. The highest BCUT2D eigenvalue weighted by atomic mass is 35.5. The van der Waals surface area contributed by atoms with E-state index in [1.54, 1.807) is 0 Å². The maximum absolute atomic E-state index is 13.7. The Labute approximate surface area is 133 Å². The van der Waals surface area contributed by atoms with E-state index in [1.807, 2.05) is 12.1 Å². The lowest BCUT2D eigenvalue weighted by Crippen LogP contribution is -2.16. The molecule has 3 rings (SSSR count). The van der Waals surface area contributed by atoms with E-state index in [9.17, 15) is 8.78 Å². The molecule has 0 saturated carbocycles. The SMILES string of the molecule is Fc1ccc(F)c(CNc2c(Cl)ccc3c2CCNCC3)c1. The molecule has 0 aliphatic carbocycles. The van der Waals surface area contributed by atoms with Gasteiger partial charge in [-0.1, -0.05) is 17.7 Å². The van der Waals surface area contributed by atoms with Crippen molar-refractivity contribution in [1.82, 2.24) is 5.32 Å². The molecule has 0 unspecified atom stereocenters. The van der Waals surface area contributed by atoms with Crippen LogP contribution in [0.2, 0.25) is 5.02 Å². The summed E-state index contributed by atoms with van der Waals surface area (Å²) >= 11 is 6.30. The summed E-state index contributed by atoms with van der Waals surface area (Å²) in [7, 11) is 0. The van der Waals surface area contributed by atoms with Gasteiger partial charge in [0.25, 0.3) is 0 Å². The van der Waals surface area contributed by atoms with Crippen LogP contribution < -0.4 is 10.6 Å². The zero-order chi connectivity index (χ0) is 15.5. The lowest BCUT2D eigenvalue weighted by atomic mass is 10.0. The number of anilines is 1. The third-order valence-corrected chi connectivity index (χ3v) is 4.26. The number of nitrogens with one attached hydrogen (secondary N) is 2. The van der Waals surface area contributed by atoms with Gasteiger partial charge in [0.05, 0.1) is 10.7 Å². The van der Waals surface area contributed by atoms with Gasteiger partial charge in [0.15, 0.2) is 0 Å². The molecule has 0 aromatic heterocycles. The largest absolute Gasteiger partial charge is 0.379 e. The maximum atomic E-state index is 13.7. The average molecular weight is 323 g/mol. The van der Waals surface area contributed by atoms with Gasteiger partial charge in [0.2, 0.25) is 0 Å². The Morgan fingerprint density at radius 2 is 1.91 bits per heavy atom. The standard InChI is InChI=1S/C17H17ClF2N2/c18-15-3-1-11-5-7-21-8-6-14(11)17(15)22-10-12-9-13(19)2-4-16(12)20/h1-4,9,21-22H,5-8,10H2. The first-order chi connectivity index (χ1) is 10.6. The second-order valence-electron chi connectivity index (χ2n) is 5.40. The van der Waals surface area contributed by atoms with Crippen LogP contribution in [0.1, 0.15) is 16.7 Å². The van der Waals surface area contributed by atoms with Gasteiger partial charge in [-0.15, -0.1) is 0 Å². The molecule has 2 nitrogen and oxygen atoms in total. The van der Waals surface area contributed by atoms with Crippen LogP contribution >= 0.6 is 11.6 Å². The topological polar surface area (TPSA) is 24.1 Å². The number of fused-ring (bicyclic) bond motifs is 1. The van der Waals surface area contributed by atoms with Crippen molar-refractivity contribution in [2.45, 2.75) is 19.4 Å². The van der Waals surface area contributed by atoms with Crippen molar-refractivity contribution in [3.8, 4) is 0 Å². The highest BCUT2D eigenvalue weighted by Gasteiger charge is 2.15. The van der Waals surface area contributed by atoms with Crippen LogP contribution in [-0.4, -0.2) is 13.1 Å². The molecular weight excluding hydrogens is 306 g/mol. The Bertz CT molecular complexity index is 689. The Hall–Kier alpha value is -1.65. The van der Waals surface area contributed by atoms with Crippen LogP contribution in [0, 0.1) is 11.6 Å². The van der Waals surface area contributed by atoms with Crippen molar-refractivity contribution in [1.29, 1.82) is 0 Å². The quantitative estimate of drug-likeness (QED) is 0.895. The van der Waals surface area contributed by atoms with E-state index in [-0.39, 0.29) is 6.54 Å². The summed E-state index contributed by atoms with van der Waals surface area (Å²) in [5.41, 5.74) is 3.53. The van der Waals surface area contributed by atoms with Crippen molar-refractivity contribution in [2.24, 2.45) is 0 Å². The first-order valence-corrected chi connectivity index (χ1v) is 7.71. The minimum absolute atomic E-state index is 0.202. The minimum atomic E-state index is -0.444. The van der Waals surface area contributed by atoms with E-state index >= 15 is 0 Å². The third-order valence-electron chi connectivity index (χ3n) is 3.95. The van der Waals surface area contributed by atoms with Crippen LogP contribution in [0.15, 0.2) is 30.3 Å². The second-order valence-corrected chi connectivity index (χ2v) is 5.81. The molecular formula is C17H17ClF2N2. The van der Waals surface area contributed by atoms with Crippen LogP contribution in [0.4, 0.5) is 14.5 Å². The Balaban J connectivity index is 1.87. The molecule has 2 aromatic rings. The summed E-state index contributed by atoms with van der Waals surface area (Å²) in [5.74, 6) is -0.867. The number of rotatable bonds is 3. The molecule has 116 valence electrons. The molecule has 0 amide bonds. The van der Waals surface area contributed by atoms with Crippen LogP contribution in [0.25, 0.3) is 0 Å². The maximum Gasteiger partial charge on any atom is 0.128 e. The number of hydrogen-bond acceptors (Lipinski definition) is 2. The highest BCUT2D eigenvalue weighted by molar-refractivity contribution is 6.33. The van der Waals surface area contributed by atoms with Crippen LogP contribution in [0.3, 0.4) is 0 Å². The Morgan fingerprint density at radius 3 is 2.77 bits per heavy atom. The Morgan fingerprint density at radius 1 is 1.09 bits per heavy atom. The molecule has 2 N–H and O–H groups in total. The van der Waals surface area contributed by atoms with Crippen molar-refractivity contribution in [3.05, 3.63) is 63.7 Å². The van der Waals surface area contributed by atoms with E-state index in [1.165, 1.54) is 11.6 Å². The average Bonchev–Trinajstić information content (AvgIpc) is 2.75. The number of benzene rings is 2. The van der Waals surface area contributed by atoms with Gasteiger partial charge in [-0.05, 0) is 61.3 Å². The molecule has 2 aromatic carbocycles. The third kappa shape index (κ3) is 3.23. The molecule has 1 aliphatic rings. The summed E-state index contributed by atoms with van der Waals surface area (Å²) in [6.45, 7) is 2.02. The molecule has 0 saturated heterocycles. The summed E-state index contributed by atoms with van der Waals surface area (Å²) in [5, 5.41) is 7.15. The smallest absolute Gasteiger partial charge is 0.128 e. The monoisotopic (exact) mass is 322 g/mol. The Kier molecular flexibility index (Phi) is 4.60. The molecule has 0 spiro atoms. The van der Waals surface area contributed by atoms with Crippen molar-refractivity contribution in [3.63, 3.8) is 0 Å². The van der Waals surface area contributed by atoms with Gasteiger partial charge in [0, 0.05) is 12.1 Å². The van der Waals surface area contributed by atoms with E-state index in [0.717, 1.165) is 49.3 Å². The van der Waals surface area contributed by atoms with Gasteiger partial charge in [-0.3, -0.25) is 0 Å². The normalized spacial score (nSPS) is 14.3. The molecule has 0 radical (unpaired) electrons. The fourth-order valence-corrected chi connectivity index (χ4v) is 3.04. The molecule has 0 atom stereocenters. The van der Waals surface area contributed by atoms with E-state index in [4.69, 9.17) is 11.6 Å². The van der Waals surface area contributed by atoms with Crippen molar-refractivity contribution in [2.75, 3.05) is 18.4 Å². The van der Waals surface area contributed by atoms with Crippen molar-refractivity contribution < 1.29 is 8.78 Å². The fraction of sp³-hybridized carbons (Fsp3) is 0.294. The first-order valence-electron chi connectivity index (χ1n) is 7.34. The van der Waals surface area contributed by atoms with E-state index in [2.05, 4.69) is 10.6 Å². The predicted molar refractivity (Wildman–Crippen MR) is 85.4 cm³/mol. The van der Waals surface area contributed by atoms with Gasteiger partial charge in [-0.25, -0.2) is 8.78 Å². The number of hydrogen-bond donors (Lipinski definition) is 2. The van der Waals surface area contributed by atoms with Gasteiger partial charge in [-0.2, -0.15) is 0 Å². The molecule has 0 fully saturated rings. The summed E-state index contributed by atoms with van der Waals surface area (Å²) < 4.78 is 27.0. The predicted octanol–water partition coefficient (Wildman–Crippen LogP) is 3.92. The lowest BCUT2D eigenvalue weighted by molar-refractivity contribution is 0.587. The van der Waals surface area contributed by atoms with Gasteiger partial charge >= 0.3 is 0 Å². The van der Waals surface area contributed by atoms with E-state index in [0.29, 0.717) is 10.6 Å². The molecule has 1 aliphatic heterocycles. The molecule has 1 heterocycles. The van der Waals surface area contributed by atoms with Gasteiger partial charge in [0.1, 0.15) is 11.6 Å². The van der Waals surface area contributed by atoms with Gasteiger partial charge < -0.3 is 10.6 Å². The van der Waals surface area contributed by atoms with Crippen LogP contribution in [-0.2, 0) is 19.4 Å². The van der Waals surface area contributed by atoms with Crippen LogP contribution in [0.5, 0.6) is 0 Å². The zero-order valence-corrected chi connectivity index (χ0v) is 12.8. The second kappa shape index (κ2) is 6.63. The summed E-state index contributed by atoms with van der Waals surface area (Å²) in [4.78, 5) is 0. The fourth-order valence-electron chi connectivity index (χ4n) is 2.80. The summed E-state index contributed by atoms with van der Waals surface area (Å²) in [6.07, 6.45) is 1.80. The van der Waals surface area contributed by atoms with E-state index < -0.39 is 11.6 Å². The summed E-state index contributed by atoms with van der Waals surface area (Å²) in [6, 6.07) is 7.36. The highest BCUT2D eigenvalue weighted by Crippen LogP contribution is 2.31. The molecule has 5 heteroatoms. The first kappa shape index (κ1) is 15.3.